The van der Waals surface area contributed by atoms with Gasteiger partial charge < -0.3 is 15.3 Å². The zero-order chi connectivity index (χ0) is 27.2. The van der Waals surface area contributed by atoms with Crippen molar-refractivity contribution in [1.29, 1.82) is 0 Å². The molecule has 0 fully saturated rings. The van der Waals surface area contributed by atoms with E-state index >= 15 is 0 Å². The van der Waals surface area contributed by atoms with Crippen LogP contribution in [-0.4, -0.2) is 47.4 Å². The van der Waals surface area contributed by atoms with E-state index < -0.39 is 0 Å². The molecule has 0 heterocycles. The Bertz CT molecular complexity index is 824. The van der Waals surface area contributed by atoms with Crippen molar-refractivity contribution in [1.82, 2.24) is 0 Å². The van der Waals surface area contributed by atoms with Crippen LogP contribution in [0.15, 0.2) is 48.5 Å². The van der Waals surface area contributed by atoms with E-state index in [1.807, 2.05) is 12.1 Å². The summed E-state index contributed by atoms with van der Waals surface area (Å²) in [5.41, 5.74) is 5.12. The topological polar surface area (TPSA) is 129 Å². The predicted molar refractivity (Wildman–Crippen MR) is 133 cm³/mol. The second-order valence-electron chi connectivity index (χ2n) is 6.66. The molecular weight excluding hydrogens is 448 g/mol. The minimum atomic E-state index is 0.139. The molecule has 2 aromatic carbocycles. The van der Waals surface area contributed by atoms with Gasteiger partial charge in [0.15, 0.2) is 0 Å². The Kier molecular flexibility index (Phi) is 31.7. The average molecular weight is 487 g/mol. The molecule has 2 aromatic rings. The van der Waals surface area contributed by atoms with Crippen LogP contribution in [0.3, 0.4) is 0 Å². The van der Waals surface area contributed by atoms with Gasteiger partial charge in [0, 0.05) is 25.2 Å². The van der Waals surface area contributed by atoms with Crippen LogP contribution in [0, 0.1) is 11.8 Å². The summed E-state index contributed by atoms with van der Waals surface area (Å²) in [6.07, 6.45) is 6.30. The molecule has 0 saturated carbocycles. The fraction of sp³-hybridized carbons (Fsp3) is 0.429. The van der Waals surface area contributed by atoms with Crippen LogP contribution in [0.1, 0.15) is 62.3 Å². The molecule has 0 amide bonds. The van der Waals surface area contributed by atoms with Gasteiger partial charge in [-0.15, -0.1) is 0 Å². The Morgan fingerprint density at radius 3 is 1.40 bits per heavy atom. The Morgan fingerprint density at radius 1 is 0.629 bits per heavy atom. The van der Waals surface area contributed by atoms with Crippen molar-refractivity contribution in [2.75, 3.05) is 19.8 Å². The lowest BCUT2D eigenvalue weighted by Crippen LogP contribution is -1.89. The summed E-state index contributed by atoms with van der Waals surface area (Å²) in [5.74, 6) is 5.88. The van der Waals surface area contributed by atoms with Crippen molar-refractivity contribution in [3.8, 4) is 11.8 Å². The maximum Gasteiger partial charge on any atom is 0.373 e. The fourth-order valence-corrected chi connectivity index (χ4v) is 2.43. The van der Waals surface area contributed by atoms with Crippen molar-refractivity contribution in [3.63, 3.8) is 0 Å². The maximum atomic E-state index is 8.63. The largest absolute Gasteiger partial charge is 0.397 e. The Labute approximate surface area is 208 Å². The van der Waals surface area contributed by atoms with Crippen LogP contribution in [-0.2, 0) is 38.4 Å². The van der Waals surface area contributed by atoms with Crippen molar-refractivity contribution < 1.29 is 34.5 Å². The summed E-state index contributed by atoms with van der Waals surface area (Å²) in [4.78, 5) is 32.5. The molecule has 192 valence electrons. The summed E-state index contributed by atoms with van der Waals surface area (Å²) < 4.78 is 0. The Morgan fingerprint density at radius 2 is 1.03 bits per heavy atom. The van der Waals surface area contributed by atoms with Crippen LogP contribution in [0.2, 0.25) is 0 Å². The number of rotatable bonds is 7. The summed E-state index contributed by atoms with van der Waals surface area (Å²) in [5, 5.41) is 24.7. The molecule has 0 radical (unpaired) electrons. The third kappa shape index (κ3) is 26.8. The van der Waals surface area contributed by atoms with Crippen LogP contribution >= 0.6 is 0 Å². The first-order valence-corrected chi connectivity index (χ1v) is 11.4. The molecule has 35 heavy (non-hydrogen) atoms. The van der Waals surface area contributed by atoms with Crippen molar-refractivity contribution >= 4 is 12.3 Å². The second kappa shape index (κ2) is 30.6. The van der Waals surface area contributed by atoms with E-state index in [0.29, 0.717) is 13.0 Å². The molecule has 7 heteroatoms. The second-order valence-corrected chi connectivity index (χ2v) is 6.66. The van der Waals surface area contributed by atoms with Gasteiger partial charge in [-0.3, -0.25) is 0 Å². The zero-order valence-electron chi connectivity index (χ0n) is 21.0. The Balaban J connectivity index is -0.000000438. The van der Waals surface area contributed by atoms with E-state index in [0.717, 1.165) is 37.7 Å². The standard InChI is InChI=1S/C12H18O.C12H14O.C2H6O.2CO2/c2*1-2-11-6-8-12(9-7-11)5-3-4-10-13;1-2-3;2*2-1-3/h6-9,13H,2-5,10H2,1H3;6-9,13H,2,4,10H2,1H3;3H,2H2,1H3;;. The lowest BCUT2D eigenvalue weighted by atomic mass is 10.1. The first-order valence-electron chi connectivity index (χ1n) is 11.4. The molecule has 2 rings (SSSR count). The monoisotopic (exact) mass is 486 g/mol. The van der Waals surface area contributed by atoms with E-state index in [-0.39, 0.29) is 25.5 Å². The normalized spacial score (nSPS) is 8.17. The highest BCUT2D eigenvalue weighted by Gasteiger charge is 1.93. The van der Waals surface area contributed by atoms with Gasteiger partial charge in [-0.1, -0.05) is 62.1 Å². The number of aryl methyl sites for hydroxylation is 3. The van der Waals surface area contributed by atoms with E-state index in [9.17, 15) is 0 Å². The highest BCUT2D eigenvalue weighted by Crippen LogP contribution is 2.08. The molecule has 0 atom stereocenters. The fourth-order valence-electron chi connectivity index (χ4n) is 2.43. The SMILES string of the molecule is CCO.CCc1ccc(C#CCCO)cc1.CCc1ccc(CCCCO)cc1.O=C=O.O=C=O. The highest BCUT2D eigenvalue weighted by atomic mass is 16.3. The Hall–Kier alpha value is -3.36. The number of aliphatic hydroxyl groups is 3. The van der Waals surface area contributed by atoms with Gasteiger partial charge in [0.25, 0.3) is 0 Å². The van der Waals surface area contributed by atoms with Gasteiger partial charge in [-0.2, -0.15) is 19.2 Å². The molecule has 0 aliphatic heterocycles. The number of benzene rings is 2. The molecule has 0 aliphatic rings. The lowest BCUT2D eigenvalue weighted by molar-refractivity contribution is -0.193. The number of carbonyl (C=O) groups excluding carboxylic acids is 4. The van der Waals surface area contributed by atoms with Gasteiger partial charge in [-0.25, -0.2) is 0 Å². The van der Waals surface area contributed by atoms with Crippen molar-refractivity contribution in [3.05, 3.63) is 70.8 Å². The summed E-state index contributed by atoms with van der Waals surface area (Å²) in [6.45, 7) is 6.68. The van der Waals surface area contributed by atoms with E-state index in [4.69, 9.17) is 34.5 Å². The number of hydrogen-bond acceptors (Lipinski definition) is 7. The molecule has 0 bridgehead atoms. The number of unbranched alkanes of at least 4 members (excludes halogenated alkanes) is 1. The first kappa shape index (κ1) is 36.2. The highest BCUT2D eigenvalue weighted by molar-refractivity contribution is 5.36. The summed E-state index contributed by atoms with van der Waals surface area (Å²) in [7, 11) is 0. The molecule has 0 aliphatic carbocycles. The molecule has 7 nitrogen and oxygen atoms in total. The third-order valence-electron chi connectivity index (χ3n) is 4.14. The van der Waals surface area contributed by atoms with Gasteiger partial charge in [-0.05, 0) is 67.9 Å². The number of aliphatic hydroxyl groups excluding tert-OH is 3. The summed E-state index contributed by atoms with van der Waals surface area (Å²) in [6, 6.07) is 17.0. The predicted octanol–water partition coefficient (Wildman–Crippen LogP) is 3.38. The molecule has 0 spiro atoms. The lowest BCUT2D eigenvalue weighted by Gasteiger charge is -2.01. The van der Waals surface area contributed by atoms with Gasteiger partial charge in [0.1, 0.15) is 0 Å². The first-order chi connectivity index (χ1) is 17.0. The molecule has 3 N–H and O–H groups in total. The van der Waals surface area contributed by atoms with E-state index in [1.165, 1.54) is 16.7 Å². The van der Waals surface area contributed by atoms with Crippen molar-refractivity contribution in [2.24, 2.45) is 0 Å². The smallest absolute Gasteiger partial charge is 0.373 e. The van der Waals surface area contributed by atoms with Gasteiger partial charge in [0.05, 0.1) is 6.61 Å². The minimum Gasteiger partial charge on any atom is -0.397 e. The van der Waals surface area contributed by atoms with Gasteiger partial charge in [0.2, 0.25) is 0 Å². The van der Waals surface area contributed by atoms with Crippen LogP contribution < -0.4 is 0 Å². The molecule has 0 aromatic heterocycles. The van der Waals surface area contributed by atoms with E-state index in [2.05, 4.69) is 62.1 Å². The maximum absolute atomic E-state index is 8.63. The van der Waals surface area contributed by atoms with Crippen LogP contribution in [0.4, 0.5) is 0 Å². The quantitative estimate of drug-likeness (QED) is 0.404. The average Bonchev–Trinajstić information content (AvgIpc) is 2.87. The molecule has 0 unspecified atom stereocenters. The number of hydrogen-bond donors (Lipinski definition) is 3. The van der Waals surface area contributed by atoms with Crippen LogP contribution in [0.25, 0.3) is 0 Å². The van der Waals surface area contributed by atoms with Crippen LogP contribution in [0.5, 0.6) is 0 Å². The van der Waals surface area contributed by atoms with Gasteiger partial charge >= 0.3 is 12.3 Å². The molecular formula is C28H38O7. The molecule has 0 saturated heterocycles. The zero-order valence-corrected chi connectivity index (χ0v) is 21.0. The third-order valence-corrected chi connectivity index (χ3v) is 4.14. The minimum absolute atomic E-state index is 0.139. The van der Waals surface area contributed by atoms with Crippen molar-refractivity contribution in [2.45, 2.75) is 59.3 Å². The summed E-state index contributed by atoms with van der Waals surface area (Å²) >= 11 is 0. The van der Waals surface area contributed by atoms with E-state index in [1.54, 1.807) is 6.92 Å².